The molecule has 7 heteroatoms. The molecule has 0 unspecified atom stereocenters. The number of H-pyrrole nitrogens is 1. The van der Waals surface area contributed by atoms with Crippen molar-refractivity contribution in [3.8, 4) is 0 Å². The molecule has 7 nitrogen and oxygen atoms in total. The molecule has 0 aromatic carbocycles. The summed E-state index contributed by atoms with van der Waals surface area (Å²) in [5.74, 6) is 2.16. The predicted molar refractivity (Wildman–Crippen MR) is 83.5 cm³/mol. The molecule has 0 saturated carbocycles. The van der Waals surface area contributed by atoms with Gasteiger partial charge >= 0.3 is 0 Å². The standard InChI is InChI=1S/C15H20N6O/c1-3-12-17-15(20-19-12)18-14(22)11-9-21(8-10(11)2)13-6-4-5-7-16-13/h4-7,10-11H,3,8-9H2,1-2H3,(H2,17,18,19,20,22)/t10-,11-/m1/s1. The van der Waals surface area contributed by atoms with E-state index in [2.05, 4.69) is 37.3 Å². The highest BCUT2D eigenvalue weighted by Crippen LogP contribution is 2.27. The summed E-state index contributed by atoms with van der Waals surface area (Å²) in [6.45, 7) is 5.55. The Kier molecular flexibility index (Phi) is 4.04. The Hall–Kier alpha value is -2.44. The number of nitrogens with zero attached hydrogens (tertiary/aromatic N) is 4. The zero-order valence-corrected chi connectivity index (χ0v) is 12.8. The van der Waals surface area contributed by atoms with Gasteiger partial charge in [-0.2, -0.15) is 4.98 Å². The maximum absolute atomic E-state index is 12.4. The lowest BCUT2D eigenvalue weighted by Gasteiger charge is -2.16. The molecule has 3 heterocycles. The third-order valence-corrected chi connectivity index (χ3v) is 4.02. The van der Waals surface area contributed by atoms with E-state index in [0.717, 1.165) is 24.6 Å². The van der Waals surface area contributed by atoms with E-state index in [-0.39, 0.29) is 17.7 Å². The number of nitrogens with one attached hydrogen (secondary N) is 2. The number of hydrogen-bond acceptors (Lipinski definition) is 5. The van der Waals surface area contributed by atoms with E-state index in [1.54, 1.807) is 6.20 Å². The molecule has 2 N–H and O–H groups in total. The molecule has 0 spiro atoms. The van der Waals surface area contributed by atoms with Gasteiger partial charge in [-0.25, -0.2) is 4.98 Å². The van der Waals surface area contributed by atoms with Crippen LogP contribution in [0, 0.1) is 11.8 Å². The maximum atomic E-state index is 12.4. The molecule has 1 fully saturated rings. The first-order valence-corrected chi connectivity index (χ1v) is 7.55. The van der Waals surface area contributed by atoms with E-state index < -0.39 is 0 Å². The van der Waals surface area contributed by atoms with Crippen LogP contribution in [0.25, 0.3) is 0 Å². The second kappa shape index (κ2) is 6.13. The van der Waals surface area contributed by atoms with Crippen molar-refractivity contribution in [1.29, 1.82) is 0 Å². The largest absolute Gasteiger partial charge is 0.356 e. The molecule has 0 bridgehead atoms. The summed E-state index contributed by atoms with van der Waals surface area (Å²) in [4.78, 5) is 23.2. The van der Waals surface area contributed by atoms with Gasteiger partial charge in [-0.3, -0.25) is 15.2 Å². The fraction of sp³-hybridized carbons (Fsp3) is 0.467. The van der Waals surface area contributed by atoms with Gasteiger partial charge in [-0.1, -0.05) is 19.9 Å². The highest BCUT2D eigenvalue weighted by Gasteiger charge is 2.35. The minimum absolute atomic E-state index is 0.0346. The molecule has 3 rings (SSSR count). The van der Waals surface area contributed by atoms with Gasteiger partial charge in [0.25, 0.3) is 0 Å². The van der Waals surface area contributed by atoms with Gasteiger partial charge in [-0.15, -0.1) is 5.10 Å². The van der Waals surface area contributed by atoms with Crippen LogP contribution in [0.2, 0.25) is 0 Å². The fourth-order valence-corrected chi connectivity index (χ4v) is 2.75. The third kappa shape index (κ3) is 2.93. The molecule has 1 saturated heterocycles. The quantitative estimate of drug-likeness (QED) is 0.893. The average molecular weight is 300 g/mol. The summed E-state index contributed by atoms with van der Waals surface area (Å²) >= 11 is 0. The lowest BCUT2D eigenvalue weighted by Crippen LogP contribution is -2.29. The first-order chi connectivity index (χ1) is 10.7. The second-order valence-corrected chi connectivity index (χ2v) is 5.63. The lowest BCUT2D eigenvalue weighted by molar-refractivity contribution is -0.120. The molecule has 1 aliphatic rings. The summed E-state index contributed by atoms with van der Waals surface area (Å²) in [5, 5.41) is 9.61. The van der Waals surface area contributed by atoms with Crippen molar-refractivity contribution in [2.24, 2.45) is 11.8 Å². The van der Waals surface area contributed by atoms with Crippen LogP contribution in [0.4, 0.5) is 11.8 Å². The zero-order chi connectivity index (χ0) is 15.5. The molecule has 0 aliphatic carbocycles. The molecule has 116 valence electrons. The van der Waals surface area contributed by atoms with Crippen molar-refractivity contribution in [3.63, 3.8) is 0 Å². The van der Waals surface area contributed by atoms with Crippen LogP contribution in [0.5, 0.6) is 0 Å². The Bertz CT molecular complexity index is 640. The minimum Gasteiger partial charge on any atom is -0.356 e. The zero-order valence-electron chi connectivity index (χ0n) is 12.8. The number of hydrogen-bond donors (Lipinski definition) is 2. The lowest BCUT2D eigenvalue weighted by atomic mass is 9.97. The van der Waals surface area contributed by atoms with Gasteiger partial charge in [0.1, 0.15) is 11.6 Å². The Morgan fingerprint density at radius 3 is 3.00 bits per heavy atom. The van der Waals surface area contributed by atoms with Crippen LogP contribution >= 0.6 is 0 Å². The van der Waals surface area contributed by atoms with Gasteiger partial charge in [0.15, 0.2) is 0 Å². The van der Waals surface area contributed by atoms with Crippen molar-refractivity contribution in [1.82, 2.24) is 20.2 Å². The summed E-state index contributed by atoms with van der Waals surface area (Å²) < 4.78 is 0. The number of carbonyl (C=O) groups is 1. The number of pyridine rings is 1. The summed E-state index contributed by atoms with van der Waals surface area (Å²) in [6, 6.07) is 5.82. The number of aromatic nitrogens is 4. The number of anilines is 2. The predicted octanol–water partition coefficient (Wildman–Crippen LogP) is 1.47. The summed E-state index contributed by atoms with van der Waals surface area (Å²) in [6.07, 6.45) is 2.53. The molecule has 1 aliphatic heterocycles. The first-order valence-electron chi connectivity index (χ1n) is 7.55. The Labute approximate surface area is 129 Å². The van der Waals surface area contributed by atoms with Crippen molar-refractivity contribution in [2.45, 2.75) is 20.3 Å². The monoisotopic (exact) mass is 300 g/mol. The number of carbonyl (C=O) groups excluding carboxylic acids is 1. The van der Waals surface area contributed by atoms with Gasteiger partial charge in [0.2, 0.25) is 11.9 Å². The Balaban J connectivity index is 1.65. The van der Waals surface area contributed by atoms with Crippen LogP contribution in [0.1, 0.15) is 19.7 Å². The van der Waals surface area contributed by atoms with E-state index >= 15 is 0 Å². The Morgan fingerprint density at radius 1 is 1.45 bits per heavy atom. The smallest absolute Gasteiger partial charge is 0.248 e. The van der Waals surface area contributed by atoms with Gasteiger partial charge in [0.05, 0.1) is 5.92 Å². The SMILES string of the molecule is CCc1nc(NC(=O)[C@@H]2CN(c3ccccn3)C[C@H]2C)n[nH]1. The van der Waals surface area contributed by atoms with Gasteiger partial charge < -0.3 is 4.90 Å². The minimum atomic E-state index is -0.0921. The molecule has 1 amide bonds. The second-order valence-electron chi connectivity index (χ2n) is 5.63. The topological polar surface area (TPSA) is 86.8 Å². The molecule has 2 atom stereocenters. The number of amides is 1. The fourth-order valence-electron chi connectivity index (χ4n) is 2.75. The molecule has 0 radical (unpaired) electrons. The number of aromatic amines is 1. The molecular weight excluding hydrogens is 280 g/mol. The van der Waals surface area contributed by atoms with Crippen molar-refractivity contribution in [2.75, 3.05) is 23.3 Å². The van der Waals surface area contributed by atoms with E-state index in [0.29, 0.717) is 12.5 Å². The van der Waals surface area contributed by atoms with E-state index in [4.69, 9.17) is 0 Å². The third-order valence-electron chi connectivity index (χ3n) is 4.02. The van der Waals surface area contributed by atoms with Gasteiger partial charge in [0, 0.05) is 25.7 Å². The number of aryl methyl sites for hydroxylation is 1. The van der Waals surface area contributed by atoms with E-state index in [1.165, 1.54) is 0 Å². The normalized spacial score (nSPS) is 21.1. The van der Waals surface area contributed by atoms with Crippen molar-refractivity contribution in [3.05, 3.63) is 30.2 Å². The molecule has 2 aromatic heterocycles. The van der Waals surface area contributed by atoms with Crippen LogP contribution in [0.15, 0.2) is 24.4 Å². The molecular formula is C15H20N6O. The summed E-state index contributed by atoms with van der Waals surface area (Å²) in [7, 11) is 0. The molecule has 2 aromatic rings. The van der Waals surface area contributed by atoms with Crippen molar-refractivity contribution >= 4 is 17.7 Å². The average Bonchev–Trinajstić information content (AvgIpc) is 3.14. The Morgan fingerprint density at radius 2 is 2.32 bits per heavy atom. The summed E-state index contributed by atoms with van der Waals surface area (Å²) in [5.41, 5.74) is 0. The maximum Gasteiger partial charge on any atom is 0.248 e. The van der Waals surface area contributed by atoms with Crippen LogP contribution < -0.4 is 10.2 Å². The number of rotatable bonds is 4. The van der Waals surface area contributed by atoms with Crippen LogP contribution in [-0.4, -0.2) is 39.2 Å². The first kappa shape index (κ1) is 14.5. The highest BCUT2D eigenvalue weighted by atomic mass is 16.2. The van der Waals surface area contributed by atoms with E-state index in [9.17, 15) is 4.79 Å². The van der Waals surface area contributed by atoms with Crippen LogP contribution in [0.3, 0.4) is 0 Å². The highest BCUT2D eigenvalue weighted by molar-refractivity contribution is 5.92. The van der Waals surface area contributed by atoms with E-state index in [1.807, 2.05) is 25.1 Å². The van der Waals surface area contributed by atoms with Gasteiger partial charge in [-0.05, 0) is 18.1 Å². The molecule has 22 heavy (non-hydrogen) atoms. The van der Waals surface area contributed by atoms with Crippen LogP contribution in [-0.2, 0) is 11.2 Å². The van der Waals surface area contributed by atoms with Crippen molar-refractivity contribution < 1.29 is 4.79 Å².